The van der Waals surface area contributed by atoms with Crippen LogP contribution in [0.4, 0.5) is 5.69 Å². The van der Waals surface area contributed by atoms with Crippen LogP contribution in [-0.4, -0.2) is 20.2 Å². The molecule has 0 atom stereocenters. The van der Waals surface area contributed by atoms with Crippen LogP contribution in [0, 0.1) is 0 Å². The number of unbranched alkanes of at least 4 members (excludes halogenated alkanes) is 1. The van der Waals surface area contributed by atoms with Gasteiger partial charge in [0.2, 0.25) is 0 Å². The molecule has 0 fully saturated rings. The number of anilines is 1. The lowest BCUT2D eigenvalue weighted by Crippen LogP contribution is -2.05. The molecule has 3 nitrogen and oxygen atoms in total. The number of rotatable bonds is 6. The van der Waals surface area contributed by atoms with Gasteiger partial charge < -0.3 is 15.8 Å². The van der Waals surface area contributed by atoms with Crippen molar-refractivity contribution in [3.05, 3.63) is 22.7 Å². The number of nitrogens with one attached hydrogen (secondary N) is 1. The molecule has 1 aromatic rings. The third kappa shape index (κ3) is 4.10. The summed E-state index contributed by atoms with van der Waals surface area (Å²) in [5.74, 6) is 0.850. The van der Waals surface area contributed by atoms with E-state index in [0.29, 0.717) is 0 Å². The lowest BCUT2D eigenvalue weighted by atomic mass is 10.2. The van der Waals surface area contributed by atoms with Crippen LogP contribution in [0.1, 0.15) is 12.8 Å². The number of hydrogen-bond acceptors (Lipinski definition) is 3. The predicted molar refractivity (Wildman–Crippen MR) is 67.5 cm³/mol. The van der Waals surface area contributed by atoms with E-state index in [-0.39, 0.29) is 0 Å². The fourth-order valence-electron chi connectivity index (χ4n) is 1.28. The van der Waals surface area contributed by atoms with E-state index in [9.17, 15) is 0 Å². The van der Waals surface area contributed by atoms with E-state index in [0.717, 1.165) is 41.8 Å². The van der Waals surface area contributed by atoms with Gasteiger partial charge in [0.15, 0.2) is 0 Å². The zero-order chi connectivity index (χ0) is 11.1. The van der Waals surface area contributed by atoms with Gasteiger partial charge in [0.1, 0.15) is 5.75 Å². The summed E-state index contributed by atoms with van der Waals surface area (Å²) in [6, 6.07) is 5.96. The van der Waals surface area contributed by atoms with Crippen molar-refractivity contribution >= 4 is 21.6 Å². The fraction of sp³-hybridized carbons (Fsp3) is 0.455. The fourth-order valence-corrected chi connectivity index (χ4v) is 1.82. The second-order valence-corrected chi connectivity index (χ2v) is 4.13. The average molecular weight is 273 g/mol. The van der Waals surface area contributed by atoms with Crippen LogP contribution in [0.15, 0.2) is 22.7 Å². The van der Waals surface area contributed by atoms with Crippen molar-refractivity contribution < 1.29 is 4.74 Å². The monoisotopic (exact) mass is 272 g/mol. The largest absolute Gasteiger partial charge is 0.496 e. The first-order chi connectivity index (χ1) is 7.27. The highest BCUT2D eigenvalue weighted by molar-refractivity contribution is 9.10. The molecule has 4 heteroatoms. The Morgan fingerprint density at radius 3 is 2.80 bits per heavy atom. The lowest BCUT2D eigenvalue weighted by Gasteiger charge is -2.08. The van der Waals surface area contributed by atoms with Crippen molar-refractivity contribution in [1.29, 1.82) is 0 Å². The van der Waals surface area contributed by atoms with E-state index in [2.05, 4.69) is 21.2 Å². The van der Waals surface area contributed by atoms with Crippen LogP contribution in [0.25, 0.3) is 0 Å². The topological polar surface area (TPSA) is 47.3 Å². The summed E-state index contributed by atoms with van der Waals surface area (Å²) in [6.45, 7) is 1.71. The van der Waals surface area contributed by atoms with Crippen LogP contribution >= 0.6 is 15.9 Å². The number of hydrogen-bond donors (Lipinski definition) is 2. The molecule has 0 aromatic heterocycles. The summed E-state index contributed by atoms with van der Waals surface area (Å²) < 4.78 is 6.12. The summed E-state index contributed by atoms with van der Waals surface area (Å²) in [5, 5.41) is 3.33. The van der Waals surface area contributed by atoms with E-state index in [1.165, 1.54) is 0 Å². The second kappa shape index (κ2) is 6.69. The van der Waals surface area contributed by atoms with Crippen molar-refractivity contribution in [1.82, 2.24) is 0 Å². The molecule has 1 aromatic carbocycles. The van der Waals surface area contributed by atoms with E-state index in [1.54, 1.807) is 7.11 Å². The number of benzene rings is 1. The SMILES string of the molecule is COc1ccc(NCCCCN)cc1Br. The van der Waals surface area contributed by atoms with Gasteiger partial charge in [-0.25, -0.2) is 0 Å². The first-order valence-corrected chi connectivity index (χ1v) is 5.84. The highest BCUT2D eigenvalue weighted by Gasteiger charge is 2.00. The third-order valence-corrected chi connectivity index (χ3v) is 2.73. The molecule has 1 rings (SSSR count). The van der Waals surface area contributed by atoms with E-state index in [1.807, 2.05) is 18.2 Å². The summed E-state index contributed by atoms with van der Waals surface area (Å²) in [4.78, 5) is 0. The Balaban J connectivity index is 2.45. The van der Waals surface area contributed by atoms with Gasteiger partial charge >= 0.3 is 0 Å². The molecule has 0 radical (unpaired) electrons. The van der Waals surface area contributed by atoms with Gasteiger partial charge in [0.25, 0.3) is 0 Å². The molecule has 0 heterocycles. The van der Waals surface area contributed by atoms with E-state index in [4.69, 9.17) is 10.5 Å². The average Bonchev–Trinajstić information content (AvgIpc) is 2.25. The van der Waals surface area contributed by atoms with Gasteiger partial charge in [-0.1, -0.05) is 0 Å². The normalized spacial score (nSPS) is 10.1. The zero-order valence-corrected chi connectivity index (χ0v) is 10.5. The molecule has 15 heavy (non-hydrogen) atoms. The smallest absolute Gasteiger partial charge is 0.133 e. The minimum absolute atomic E-state index is 0.758. The molecule has 0 aliphatic carbocycles. The van der Waals surface area contributed by atoms with Crippen LogP contribution in [-0.2, 0) is 0 Å². The van der Waals surface area contributed by atoms with Crippen LogP contribution < -0.4 is 15.8 Å². The number of nitrogens with two attached hydrogens (primary N) is 1. The van der Waals surface area contributed by atoms with E-state index < -0.39 is 0 Å². The Bertz CT molecular complexity index is 305. The first kappa shape index (κ1) is 12.3. The molecule has 0 bridgehead atoms. The maximum atomic E-state index is 5.42. The maximum absolute atomic E-state index is 5.42. The predicted octanol–water partition coefficient (Wildman–Crippen LogP) is 2.61. The first-order valence-electron chi connectivity index (χ1n) is 5.05. The molecule has 0 aliphatic rings. The minimum atomic E-state index is 0.758. The van der Waals surface area contributed by atoms with Crippen molar-refractivity contribution in [2.45, 2.75) is 12.8 Å². The quantitative estimate of drug-likeness (QED) is 0.783. The number of methoxy groups -OCH3 is 1. The van der Waals surface area contributed by atoms with Crippen molar-refractivity contribution in [2.24, 2.45) is 5.73 Å². The molecule has 0 spiro atoms. The Hall–Kier alpha value is -0.740. The minimum Gasteiger partial charge on any atom is -0.496 e. The molecule has 3 N–H and O–H groups in total. The number of ether oxygens (including phenoxy) is 1. The Morgan fingerprint density at radius 2 is 2.20 bits per heavy atom. The molecule has 0 aliphatic heterocycles. The van der Waals surface area contributed by atoms with Crippen molar-refractivity contribution in [3.8, 4) is 5.75 Å². The van der Waals surface area contributed by atoms with Crippen LogP contribution in [0.5, 0.6) is 5.75 Å². The summed E-state index contributed by atoms with van der Waals surface area (Å²) >= 11 is 3.44. The summed E-state index contributed by atoms with van der Waals surface area (Å²) in [6.07, 6.45) is 2.16. The molecule has 0 unspecified atom stereocenters. The molecule has 84 valence electrons. The maximum Gasteiger partial charge on any atom is 0.133 e. The van der Waals surface area contributed by atoms with Gasteiger partial charge in [0, 0.05) is 12.2 Å². The molecular formula is C11H17BrN2O. The molecule has 0 saturated carbocycles. The molecular weight excluding hydrogens is 256 g/mol. The zero-order valence-electron chi connectivity index (χ0n) is 8.92. The number of halogens is 1. The van der Waals surface area contributed by atoms with Crippen molar-refractivity contribution in [2.75, 3.05) is 25.5 Å². The van der Waals surface area contributed by atoms with Gasteiger partial charge in [-0.05, 0) is 53.5 Å². The lowest BCUT2D eigenvalue weighted by molar-refractivity contribution is 0.412. The standard InChI is InChI=1S/C11H17BrN2O/c1-15-11-5-4-9(8-10(11)12)14-7-3-2-6-13/h4-5,8,14H,2-3,6-7,13H2,1H3. The molecule has 0 saturated heterocycles. The Labute approximate surface area is 99.1 Å². The second-order valence-electron chi connectivity index (χ2n) is 3.27. The summed E-state index contributed by atoms with van der Waals surface area (Å²) in [7, 11) is 1.66. The van der Waals surface area contributed by atoms with Gasteiger partial charge in [-0.3, -0.25) is 0 Å². The van der Waals surface area contributed by atoms with Gasteiger partial charge in [-0.2, -0.15) is 0 Å². The van der Waals surface area contributed by atoms with Gasteiger partial charge in [-0.15, -0.1) is 0 Å². The highest BCUT2D eigenvalue weighted by Crippen LogP contribution is 2.27. The van der Waals surface area contributed by atoms with Crippen LogP contribution in [0.2, 0.25) is 0 Å². The van der Waals surface area contributed by atoms with Crippen LogP contribution in [0.3, 0.4) is 0 Å². The molecule has 0 amide bonds. The van der Waals surface area contributed by atoms with Gasteiger partial charge in [0.05, 0.1) is 11.6 Å². The van der Waals surface area contributed by atoms with Crippen molar-refractivity contribution in [3.63, 3.8) is 0 Å². The Morgan fingerprint density at radius 1 is 1.40 bits per heavy atom. The highest BCUT2D eigenvalue weighted by atomic mass is 79.9. The summed E-state index contributed by atoms with van der Waals surface area (Å²) in [5.41, 5.74) is 6.52. The van der Waals surface area contributed by atoms with E-state index >= 15 is 0 Å². The third-order valence-electron chi connectivity index (χ3n) is 2.11. The Kier molecular flexibility index (Phi) is 5.50.